The number of hydrogen-bond acceptors (Lipinski definition) is 31. The lowest BCUT2D eigenvalue weighted by molar-refractivity contribution is 0.122. The maximum atomic E-state index is 11.8. The van der Waals surface area contributed by atoms with Crippen LogP contribution in [0.3, 0.4) is 0 Å². The number of hydrogen-bond donors (Lipinski definition) is 7. The molecule has 18 rings (SSSR count). The van der Waals surface area contributed by atoms with E-state index in [0.717, 1.165) is 182 Å². The van der Waals surface area contributed by atoms with E-state index in [2.05, 4.69) is 78.6 Å². The summed E-state index contributed by atoms with van der Waals surface area (Å²) in [5.74, 6) is 8.42. The van der Waals surface area contributed by atoms with Crippen molar-refractivity contribution < 1.29 is 22.6 Å². The van der Waals surface area contributed by atoms with Crippen LogP contribution in [0.5, 0.6) is 0 Å². The Balaban J connectivity index is 0.000000121. The van der Waals surface area contributed by atoms with Crippen LogP contribution in [0.1, 0.15) is 74.9 Å². The Bertz CT molecular complexity index is 4700. The van der Waals surface area contributed by atoms with E-state index in [1.165, 1.54) is 44.8 Å². The van der Waals surface area contributed by atoms with Crippen LogP contribution in [0.15, 0.2) is 18.6 Å². The molecule has 0 unspecified atom stereocenters. The molecule has 0 amide bonds. The highest BCUT2D eigenvalue weighted by Gasteiger charge is 2.36. The van der Waals surface area contributed by atoms with Gasteiger partial charge in [0.05, 0.1) is 79.7 Å². The number of ether oxygens (including phenoxy) is 3. The highest BCUT2D eigenvalue weighted by atomic mass is 35.5. The van der Waals surface area contributed by atoms with Crippen LogP contribution in [0.4, 0.5) is 47.2 Å². The first-order chi connectivity index (χ1) is 50.3. The van der Waals surface area contributed by atoms with Crippen LogP contribution in [0.25, 0.3) is 67.7 Å². The van der Waals surface area contributed by atoms with E-state index in [1.54, 1.807) is 18.6 Å². The number of aromatic nitrogens is 18. The van der Waals surface area contributed by atoms with Gasteiger partial charge in [0.25, 0.3) is 0 Å². The Morgan fingerprint density at radius 3 is 1.20 bits per heavy atom. The van der Waals surface area contributed by atoms with E-state index in [9.17, 15) is 8.42 Å². The van der Waals surface area contributed by atoms with Gasteiger partial charge < -0.3 is 72.7 Å². The third kappa shape index (κ3) is 16.2. The lowest BCUT2D eigenvalue weighted by Gasteiger charge is -2.28. The molecular weight excluding hydrogens is 1370 g/mol. The lowest BCUT2D eigenvalue weighted by atomic mass is 10.2. The van der Waals surface area contributed by atoms with Crippen molar-refractivity contribution in [1.29, 1.82) is 0 Å². The number of nitrogens with two attached hydrogens (primary N) is 5. The number of nitrogen functional groups attached to an aromatic ring is 3. The second kappa shape index (κ2) is 30.4. The molecule has 35 nitrogen and oxygen atoms in total. The number of fused-ring (bicyclic) bond motifs is 3. The predicted molar refractivity (Wildman–Crippen MR) is 398 cm³/mol. The van der Waals surface area contributed by atoms with Gasteiger partial charge >= 0.3 is 0 Å². The third-order valence-electron chi connectivity index (χ3n) is 20.2. The summed E-state index contributed by atoms with van der Waals surface area (Å²) in [7, 11) is -3.29. The molecule has 0 aromatic carbocycles. The van der Waals surface area contributed by atoms with E-state index < -0.39 is 10.0 Å². The highest BCUT2D eigenvalue weighted by Crippen LogP contribution is 2.41. The summed E-state index contributed by atoms with van der Waals surface area (Å²) in [4.78, 5) is 81.1. The summed E-state index contributed by atoms with van der Waals surface area (Å²) < 4.78 is 49.6. The molecule has 3 atom stereocenters. The molecule has 6 aliphatic heterocycles. The summed E-state index contributed by atoms with van der Waals surface area (Å²) >= 11 is 6.50. The topological polar surface area (TPSA) is 440 Å². The quantitative estimate of drug-likeness (QED) is 0.0684. The SMILES string of the molecule is Cc1nc(N)ncc1-c1nc(N2CCOCC2)c2nc(Cl)n(CC3CC3)c2n1.Cc1nc(N)ncc1-c1nc(N2CCOCC2)c2nc(N3CC[C@@H](N)C3)n(CC3CC3)c2n1.Cc1nc(N)ncc1-c1nc(N2CCOCC2)c2nc(N3CC[C@@H](NS(C)(=O)=O)C3)n(CC3CC3)c2n1.N[C@@H]1CCNC1. The molecule has 37 heteroatoms. The van der Waals surface area contributed by atoms with Gasteiger partial charge in [-0.05, 0) is 114 Å². The molecule has 6 saturated heterocycles. The molecule has 104 heavy (non-hydrogen) atoms. The van der Waals surface area contributed by atoms with Crippen LogP contribution in [-0.2, 0) is 43.9 Å². The number of halogens is 1. The number of nitrogens with zero attached hydrogens (tertiary/aromatic N) is 23. The van der Waals surface area contributed by atoms with Crippen molar-refractivity contribution >= 4 is 102 Å². The average molecular weight is 1470 g/mol. The second-order valence-electron chi connectivity index (χ2n) is 28.5. The van der Waals surface area contributed by atoms with Gasteiger partial charge in [0.1, 0.15) is 0 Å². The molecule has 15 heterocycles. The maximum Gasteiger partial charge on any atom is 0.220 e. The number of anilines is 8. The Morgan fingerprint density at radius 1 is 0.471 bits per heavy atom. The number of nitrogens with one attached hydrogen (secondary N) is 2. The molecule has 3 saturated carbocycles. The molecular formula is C67H93ClN30O5S. The van der Waals surface area contributed by atoms with Gasteiger partial charge in [-0.15, -0.1) is 0 Å². The number of imidazole rings is 3. The van der Waals surface area contributed by atoms with Crippen molar-refractivity contribution in [3.05, 3.63) is 41.0 Å². The zero-order valence-electron chi connectivity index (χ0n) is 59.4. The number of aryl methyl sites for hydroxylation is 3. The van der Waals surface area contributed by atoms with Gasteiger partial charge in [0.2, 0.25) is 45.0 Å². The first-order valence-electron chi connectivity index (χ1n) is 36.3. The van der Waals surface area contributed by atoms with Crippen molar-refractivity contribution in [3.8, 4) is 34.2 Å². The van der Waals surface area contributed by atoms with Gasteiger partial charge in [-0.3, -0.25) is 13.7 Å². The van der Waals surface area contributed by atoms with Crippen molar-refractivity contribution in [2.24, 2.45) is 29.2 Å². The van der Waals surface area contributed by atoms with E-state index in [1.807, 2.05) is 25.3 Å². The highest BCUT2D eigenvalue weighted by molar-refractivity contribution is 7.88. The fourth-order valence-corrected chi connectivity index (χ4v) is 15.0. The Hall–Kier alpha value is -8.75. The second-order valence-corrected chi connectivity index (χ2v) is 30.7. The monoisotopic (exact) mass is 1460 g/mol. The fourth-order valence-electron chi connectivity index (χ4n) is 14.0. The fraction of sp³-hybridized carbons (Fsp3) is 0.597. The summed E-state index contributed by atoms with van der Waals surface area (Å²) in [5, 5.41) is 3.60. The zero-order chi connectivity index (χ0) is 71.9. The summed E-state index contributed by atoms with van der Waals surface area (Å²) in [6, 6.07) is 0.457. The zero-order valence-corrected chi connectivity index (χ0v) is 61.0. The van der Waals surface area contributed by atoms with Gasteiger partial charge in [0, 0.05) is 128 Å². The molecule has 9 aromatic rings. The van der Waals surface area contributed by atoms with Crippen LogP contribution < -0.4 is 63.2 Å². The van der Waals surface area contributed by atoms with E-state index in [4.69, 9.17) is 94.4 Å². The third-order valence-corrected chi connectivity index (χ3v) is 21.2. The van der Waals surface area contributed by atoms with Crippen LogP contribution >= 0.6 is 11.6 Å². The normalized spacial score (nSPS) is 20.8. The van der Waals surface area contributed by atoms with E-state index in [0.29, 0.717) is 118 Å². The molecule has 0 bridgehead atoms. The minimum atomic E-state index is -3.29. The number of sulfonamides is 1. The maximum absolute atomic E-state index is 11.8. The minimum Gasteiger partial charge on any atom is -0.378 e. The number of morpholine rings is 3. The lowest BCUT2D eigenvalue weighted by Crippen LogP contribution is -2.37. The van der Waals surface area contributed by atoms with Crippen molar-refractivity contribution in [2.75, 3.05) is 166 Å². The molecule has 9 aromatic heterocycles. The largest absolute Gasteiger partial charge is 0.378 e. The van der Waals surface area contributed by atoms with Gasteiger partial charge in [0.15, 0.2) is 68.4 Å². The summed E-state index contributed by atoms with van der Waals surface area (Å²) in [5.41, 5.74) is 38.2. The Morgan fingerprint density at radius 2 is 0.856 bits per heavy atom. The molecule has 3 aliphatic carbocycles. The van der Waals surface area contributed by atoms with Crippen molar-refractivity contribution in [3.63, 3.8) is 0 Å². The molecule has 554 valence electrons. The first kappa shape index (κ1) is 70.9. The summed E-state index contributed by atoms with van der Waals surface area (Å²) in [6.07, 6.45) is 16.4. The summed E-state index contributed by atoms with van der Waals surface area (Å²) in [6.45, 7) is 21.6. The van der Waals surface area contributed by atoms with Gasteiger partial charge in [-0.2, -0.15) is 0 Å². The van der Waals surface area contributed by atoms with Crippen LogP contribution in [0, 0.1) is 38.5 Å². The molecule has 0 spiro atoms. The van der Waals surface area contributed by atoms with Crippen molar-refractivity contribution in [2.45, 2.75) is 116 Å². The molecule has 9 aliphatic rings. The number of rotatable bonds is 16. The standard InChI is InChI=1S/C23H32N10O3S.C22H30N10O.C18H21ClN8O.C4H10N2/c1-14-17(11-25-22(24)26-14)19-28-20(31-7-9-36-10-8-31)18-21(29-19)33(12-15-3-4-15)23(27-18)32-6-5-16(13-32)30-37(2,34)35;1-13-16(10-25-21(24)26-13)18-28-19(30-6-8-33-9-7-30)17-20(29-18)32(11-14-2-3-14)22(27-17)31-5-4-15(23)12-31;1-10-12(8-21-18(20)22-10)14-24-15(26-4-6-28-7-5-26)13-16(25-14)27(17(19)23-13)9-11-2-3-11;5-4-1-2-6-3-4/h11,15-16,30H,3-10,12-13H2,1-2H3,(H2,24,25,26);10,14-15H,2-9,11-12,23H2,1H3,(H2,24,25,26);8,11H,2-7,9H2,1H3,(H2,20,21,22);4,6H,1-3,5H2/t16-;15-;;4-/m11.1/s1. The van der Waals surface area contributed by atoms with Crippen LogP contribution in [-0.4, -0.2) is 239 Å². The van der Waals surface area contributed by atoms with Gasteiger partial charge in [-0.1, -0.05) is 0 Å². The Labute approximate surface area is 607 Å². The van der Waals surface area contributed by atoms with E-state index in [-0.39, 0.29) is 29.9 Å². The van der Waals surface area contributed by atoms with E-state index >= 15 is 0 Å². The van der Waals surface area contributed by atoms with Crippen LogP contribution in [0.2, 0.25) is 5.28 Å². The van der Waals surface area contributed by atoms with Gasteiger partial charge in [-0.25, -0.2) is 87.9 Å². The molecule has 0 radical (unpaired) electrons. The Kier molecular flexibility index (Phi) is 20.7. The molecule has 9 fully saturated rings. The van der Waals surface area contributed by atoms with Crippen molar-refractivity contribution in [1.82, 2.24) is 98.5 Å². The minimum absolute atomic E-state index is 0.154. The smallest absolute Gasteiger partial charge is 0.220 e. The first-order valence-corrected chi connectivity index (χ1v) is 38.5. The molecule has 12 N–H and O–H groups in total. The average Bonchev–Trinajstić information content (AvgIpc) is 1.59. The predicted octanol–water partition coefficient (Wildman–Crippen LogP) is 2.89.